The van der Waals surface area contributed by atoms with Crippen LogP contribution in [0.5, 0.6) is 0 Å². The van der Waals surface area contributed by atoms with Crippen LogP contribution < -0.4 is 5.32 Å². The van der Waals surface area contributed by atoms with Crippen LogP contribution in [0.1, 0.15) is 45.4 Å². The third-order valence-electron chi connectivity index (χ3n) is 3.25. The van der Waals surface area contributed by atoms with Crippen molar-refractivity contribution >= 4 is 12.1 Å². The Balaban J connectivity index is 2.17. The fourth-order valence-corrected chi connectivity index (χ4v) is 2.20. The zero-order chi connectivity index (χ0) is 14.1. The smallest absolute Gasteiger partial charge is 0.408 e. The van der Waals surface area contributed by atoms with Crippen molar-refractivity contribution in [2.45, 2.75) is 51.0 Å². The van der Waals surface area contributed by atoms with Crippen LogP contribution in [0.4, 0.5) is 4.79 Å². The minimum Gasteiger partial charge on any atom is -0.466 e. The summed E-state index contributed by atoms with van der Waals surface area (Å²) in [6, 6.07) is 0. The van der Waals surface area contributed by atoms with Gasteiger partial charge in [-0.15, -0.1) is 0 Å². The summed E-state index contributed by atoms with van der Waals surface area (Å²) in [5, 5.41) is 2.65. The fourth-order valence-electron chi connectivity index (χ4n) is 2.20. The summed E-state index contributed by atoms with van der Waals surface area (Å²) in [5.74, 6) is -0.240. The van der Waals surface area contributed by atoms with Crippen LogP contribution in [-0.4, -0.2) is 30.8 Å². The second-order valence-electron chi connectivity index (χ2n) is 4.70. The van der Waals surface area contributed by atoms with Crippen LogP contribution >= 0.6 is 0 Å². The predicted molar refractivity (Wildman–Crippen MR) is 71.7 cm³/mol. The highest BCUT2D eigenvalue weighted by molar-refractivity contribution is 5.70. The summed E-state index contributed by atoms with van der Waals surface area (Å²) >= 11 is 0. The van der Waals surface area contributed by atoms with Gasteiger partial charge in [-0.25, -0.2) is 4.79 Å². The minimum atomic E-state index is -0.495. The molecule has 0 spiro atoms. The molecule has 5 nitrogen and oxygen atoms in total. The third kappa shape index (κ3) is 5.32. The Kier molecular flexibility index (Phi) is 6.39. The molecule has 0 unspecified atom stereocenters. The number of nitrogens with one attached hydrogen (secondary N) is 1. The highest BCUT2D eigenvalue weighted by Gasteiger charge is 2.34. The van der Waals surface area contributed by atoms with E-state index in [4.69, 9.17) is 9.47 Å². The maximum Gasteiger partial charge on any atom is 0.408 e. The van der Waals surface area contributed by atoms with E-state index >= 15 is 0 Å². The van der Waals surface area contributed by atoms with Crippen LogP contribution in [0.25, 0.3) is 0 Å². The number of carbonyl (C=O) groups is 2. The van der Waals surface area contributed by atoms with Gasteiger partial charge in [-0.3, -0.25) is 4.79 Å². The zero-order valence-electron chi connectivity index (χ0n) is 11.6. The first-order valence-electron chi connectivity index (χ1n) is 6.88. The Bertz CT molecular complexity index is 321. The summed E-state index contributed by atoms with van der Waals surface area (Å²) in [6.45, 7) is 6.30. The summed E-state index contributed by atoms with van der Waals surface area (Å²) in [6.07, 6.45) is 5.93. The van der Waals surface area contributed by atoms with Crippen molar-refractivity contribution in [1.82, 2.24) is 5.32 Å². The average Bonchev–Trinajstić information content (AvgIpc) is 2.84. The number of ether oxygens (including phenoxy) is 2. The predicted octanol–water partition coefficient (Wildman–Crippen LogP) is 2.55. The van der Waals surface area contributed by atoms with Gasteiger partial charge in [0.05, 0.1) is 6.61 Å². The average molecular weight is 269 g/mol. The summed E-state index contributed by atoms with van der Waals surface area (Å²) < 4.78 is 10.2. The van der Waals surface area contributed by atoms with E-state index in [1.807, 2.05) is 0 Å². The lowest BCUT2D eigenvalue weighted by Crippen LogP contribution is -2.36. The molecule has 19 heavy (non-hydrogen) atoms. The van der Waals surface area contributed by atoms with E-state index in [-0.39, 0.29) is 5.97 Å². The standard InChI is InChI=1S/C14H23NO4/c1-3-14(9-5-6-10-14)19-13(17)15-11-7-8-12(16)18-4-2/h3H,1,4-11H2,2H3,(H,15,17). The lowest BCUT2D eigenvalue weighted by molar-refractivity contribution is -0.143. The fraction of sp³-hybridized carbons (Fsp3) is 0.714. The van der Waals surface area contributed by atoms with Crippen molar-refractivity contribution in [3.63, 3.8) is 0 Å². The molecule has 0 bridgehead atoms. The maximum atomic E-state index is 11.6. The quantitative estimate of drug-likeness (QED) is 0.438. The largest absolute Gasteiger partial charge is 0.466 e. The Hall–Kier alpha value is -1.52. The lowest BCUT2D eigenvalue weighted by Gasteiger charge is -2.25. The second-order valence-corrected chi connectivity index (χ2v) is 4.70. The number of esters is 1. The van der Waals surface area contributed by atoms with E-state index in [0.717, 1.165) is 25.7 Å². The lowest BCUT2D eigenvalue weighted by atomic mass is 10.0. The molecule has 0 aliphatic heterocycles. The van der Waals surface area contributed by atoms with Crippen molar-refractivity contribution in [1.29, 1.82) is 0 Å². The van der Waals surface area contributed by atoms with Gasteiger partial charge in [0.25, 0.3) is 0 Å². The summed E-state index contributed by atoms with van der Waals surface area (Å²) in [7, 11) is 0. The van der Waals surface area contributed by atoms with Gasteiger partial charge in [-0.2, -0.15) is 0 Å². The number of hydrogen-bond acceptors (Lipinski definition) is 4. The molecule has 1 aliphatic rings. The van der Waals surface area contributed by atoms with Crippen LogP contribution in [0.3, 0.4) is 0 Å². The number of alkyl carbamates (subject to hydrolysis) is 1. The molecular weight excluding hydrogens is 246 g/mol. The monoisotopic (exact) mass is 269 g/mol. The molecule has 0 aromatic rings. The molecule has 0 aromatic carbocycles. The molecule has 0 radical (unpaired) electrons. The van der Waals surface area contributed by atoms with Gasteiger partial charge in [-0.05, 0) is 45.1 Å². The van der Waals surface area contributed by atoms with Crippen LogP contribution in [-0.2, 0) is 14.3 Å². The number of carbonyl (C=O) groups excluding carboxylic acids is 2. The van der Waals surface area contributed by atoms with E-state index in [2.05, 4.69) is 11.9 Å². The van der Waals surface area contributed by atoms with Gasteiger partial charge in [-0.1, -0.05) is 6.58 Å². The molecule has 0 aromatic heterocycles. The number of hydrogen-bond donors (Lipinski definition) is 1. The number of rotatable bonds is 7. The SMILES string of the molecule is C=CC1(OC(=O)NCCCC(=O)OCC)CCCC1. The molecule has 108 valence electrons. The molecule has 0 atom stereocenters. The van der Waals surface area contributed by atoms with Crippen LogP contribution in [0.2, 0.25) is 0 Å². The molecule has 1 rings (SSSR count). The first kappa shape index (κ1) is 15.5. The minimum absolute atomic E-state index is 0.240. The topological polar surface area (TPSA) is 64.6 Å². The maximum absolute atomic E-state index is 11.6. The van der Waals surface area contributed by atoms with Crippen molar-refractivity contribution in [2.24, 2.45) is 0 Å². The first-order valence-corrected chi connectivity index (χ1v) is 6.88. The van der Waals surface area contributed by atoms with Gasteiger partial charge in [0.1, 0.15) is 5.60 Å². The van der Waals surface area contributed by atoms with E-state index < -0.39 is 11.7 Å². The molecule has 0 heterocycles. The first-order chi connectivity index (χ1) is 9.12. The Morgan fingerprint density at radius 2 is 2.05 bits per heavy atom. The highest BCUT2D eigenvalue weighted by Crippen LogP contribution is 2.34. The van der Waals surface area contributed by atoms with Gasteiger partial charge >= 0.3 is 12.1 Å². The van der Waals surface area contributed by atoms with Crippen molar-refractivity contribution in [2.75, 3.05) is 13.2 Å². The van der Waals surface area contributed by atoms with E-state index in [0.29, 0.717) is 26.0 Å². The third-order valence-corrected chi connectivity index (χ3v) is 3.25. The van der Waals surface area contributed by atoms with Crippen LogP contribution in [0, 0.1) is 0 Å². The number of amides is 1. The Morgan fingerprint density at radius 1 is 1.37 bits per heavy atom. The molecule has 5 heteroatoms. The summed E-state index contributed by atoms with van der Waals surface area (Å²) in [4.78, 5) is 22.7. The van der Waals surface area contributed by atoms with E-state index in [1.165, 1.54) is 0 Å². The molecule has 1 N–H and O–H groups in total. The summed E-state index contributed by atoms with van der Waals surface area (Å²) in [5.41, 5.74) is -0.495. The molecular formula is C14H23NO4. The Morgan fingerprint density at radius 3 is 2.63 bits per heavy atom. The molecule has 1 saturated carbocycles. The van der Waals surface area contributed by atoms with E-state index in [1.54, 1.807) is 13.0 Å². The van der Waals surface area contributed by atoms with Crippen molar-refractivity contribution in [3.8, 4) is 0 Å². The highest BCUT2D eigenvalue weighted by atomic mass is 16.6. The van der Waals surface area contributed by atoms with Gasteiger partial charge in [0, 0.05) is 13.0 Å². The van der Waals surface area contributed by atoms with Crippen molar-refractivity contribution in [3.05, 3.63) is 12.7 Å². The van der Waals surface area contributed by atoms with Crippen molar-refractivity contribution < 1.29 is 19.1 Å². The zero-order valence-corrected chi connectivity index (χ0v) is 11.6. The van der Waals surface area contributed by atoms with Gasteiger partial charge in [0.2, 0.25) is 0 Å². The van der Waals surface area contributed by atoms with Crippen LogP contribution in [0.15, 0.2) is 12.7 Å². The molecule has 1 amide bonds. The molecule has 1 aliphatic carbocycles. The molecule has 1 fully saturated rings. The van der Waals surface area contributed by atoms with E-state index in [9.17, 15) is 9.59 Å². The normalized spacial score (nSPS) is 16.7. The molecule has 0 saturated heterocycles. The Labute approximate surface area is 114 Å². The van der Waals surface area contributed by atoms with Gasteiger partial charge in [0.15, 0.2) is 0 Å². The second kappa shape index (κ2) is 7.81. The van der Waals surface area contributed by atoms with Gasteiger partial charge < -0.3 is 14.8 Å².